The van der Waals surface area contributed by atoms with Crippen LogP contribution in [0.4, 0.5) is 0 Å². The van der Waals surface area contributed by atoms with Crippen LogP contribution >= 0.6 is 0 Å². The number of fused-ring (bicyclic) bond motifs is 1. The Morgan fingerprint density at radius 3 is 2.79 bits per heavy atom. The van der Waals surface area contributed by atoms with Crippen molar-refractivity contribution in [2.24, 2.45) is 0 Å². The quantitative estimate of drug-likeness (QED) is 0.700. The fourth-order valence-corrected chi connectivity index (χ4v) is 2.99. The molecule has 108 valence electrons. The summed E-state index contributed by atoms with van der Waals surface area (Å²) in [4.78, 5) is 28.3. The Balaban J connectivity index is 1.98. The third-order valence-corrected chi connectivity index (χ3v) is 4.07. The van der Waals surface area contributed by atoms with Gasteiger partial charge in [-0.2, -0.15) is 0 Å². The van der Waals surface area contributed by atoms with Crippen molar-refractivity contribution < 1.29 is 14.3 Å². The van der Waals surface area contributed by atoms with E-state index in [0.717, 1.165) is 32.2 Å². The van der Waals surface area contributed by atoms with Crippen LogP contribution in [0.3, 0.4) is 0 Å². The van der Waals surface area contributed by atoms with Crippen molar-refractivity contribution in [2.45, 2.75) is 51.6 Å². The van der Waals surface area contributed by atoms with Crippen LogP contribution < -0.4 is 0 Å². The van der Waals surface area contributed by atoms with E-state index in [9.17, 15) is 9.59 Å². The average molecular weight is 268 g/mol. The monoisotopic (exact) mass is 268 g/mol. The van der Waals surface area contributed by atoms with Gasteiger partial charge in [-0.1, -0.05) is 0 Å². The van der Waals surface area contributed by atoms with Gasteiger partial charge < -0.3 is 14.5 Å². The maximum atomic E-state index is 12.5. The minimum atomic E-state index is -0.316. The lowest BCUT2D eigenvalue weighted by molar-refractivity contribution is -0.163. The minimum absolute atomic E-state index is 0.112. The number of hydrogen-bond acceptors (Lipinski definition) is 3. The van der Waals surface area contributed by atoms with E-state index in [2.05, 4.69) is 0 Å². The average Bonchev–Trinajstić information content (AvgIpc) is 2.44. The van der Waals surface area contributed by atoms with Gasteiger partial charge in [0.15, 0.2) is 0 Å². The van der Waals surface area contributed by atoms with E-state index in [-0.39, 0.29) is 23.9 Å². The molecule has 0 bridgehead atoms. The lowest BCUT2D eigenvalue weighted by atomic mass is 9.95. The van der Waals surface area contributed by atoms with Gasteiger partial charge in [-0.05, 0) is 39.5 Å². The first kappa shape index (κ1) is 14.3. The van der Waals surface area contributed by atoms with Crippen molar-refractivity contribution in [2.75, 3.05) is 26.3 Å². The third-order valence-electron chi connectivity index (χ3n) is 4.07. The van der Waals surface area contributed by atoms with Gasteiger partial charge in [-0.15, -0.1) is 0 Å². The molecule has 2 atom stereocenters. The fraction of sp³-hybridized carbons (Fsp3) is 0.857. The standard InChI is InChI=1S/C14H24N2O3/c1-3-19-10-6-9-15-11(2)13(17)16-8-5-4-7-12(16)14(15)18/h11-12H,3-10H2,1-2H3. The third kappa shape index (κ3) is 2.91. The van der Waals surface area contributed by atoms with Crippen LogP contribution in [0.15, 0.2) is 0 Å². The van der Waals surface area contributed by atoms with Crippen molar-refractivity contribution in [1.29, 1.82) is 0 Å². The number of amides is 2. The van der Waals surface area contributed by atoms with Crippen molar-refractivity contribution >= 4 is 11.8 Å². The summed E-state index contributed by atoms with van der Waals surface area (Å²) in [6.07, 6.45) is 3.68. The fourth-order valence-electron chi connectivity index (χ4n) is 2.99. The van der Waals surface area contributed by atoms with Crippen molar-refractivity contribution in [3.63, 3.8) is 0 Å². The van der Waals surface area contributed by atoms with E-state index in [1.54, 1.807) is 9.80 Å². The van der Waals surface area contributed by atoms with E-state index >= 15 is 0 Å². The highest BCUT2D eigenvalue weighted by molar-refractivity contribution is 5.96. The lowest BCUT2D eigenvalue weighted by Gasteiger charge is -2.46. The second-order valence-electron chi connectivity index (χ2n) is 5.30. The molecule has 2 aliphatic heterocycles. The molecule has 0 aliphatic carbocycles. The number of ether oxygens (including phenoxy) is 1. The first-order valence-corrected chi connectivity index (χ1v) is 7.35. The maximum absolute atomic E-state index is 12.5. The largest absolute Gasteiger partial charge is 0.382 e. The van der Waals surface area contributed by atoms with E-state index in [1.165, 1.54) is 0 Å². The first-order valence-electron chi connectivity index (χ1n) is 7.35. The molecular weight excluding hydrogens is 244 g/mol. The topological polar surface area (TPSA) is 49.9 Å². The molecule has 0 aromatic carbocycles. The molecule has 0 aromatic rings. The Kier molecular flexibility index (Phi) is 4.80. The number of hydrogen-bond donors (Lipinski definition) is 0. The summed E-state index contributed by atoms with van der Waals surface area (Å²) < 4.78 is 5.30. The highest BCUT2D eigenvalue weighted by Gasteiger charge is 2.44. The van der Waals surface area contributed by atoms with Gasteiger partial charge >= 0.3 is 0 Å². The smallest absolute Gasteiger partial charge is 0.246 e. The Morgan fingerprint density at radius 1 is 1.26 bits per heavy atom. The first-order chi connectivity index (χ1) is 9.16. The van der Waals surface area contributed by atoms with Crippen LogP contribution in [0, 0.1) is 0 Å². The summed E-state index contributed by atoms with van der Waals surface area (Å²) in [7, 11) is 0. The van der Waals surface area contributed by atoms with Gasteiger partial charge in [0.25, 0.3) is 0 Å². The lowest BCUT2D eigenvalue weighted by Crippen LogP contribution is -2.65. The van der Waals surface area contributed by atoms with Crippen molar-refractivity contribution in [1.82, 2.24) is 9.80 Å². The molecule has 5 heteroatoms. The second kappa shape index (κ2) is 6.37. The molecule has 2 saturated heterocycles. The van der Waals surface area contributed by atoms with E-state index in [4.69, 9.17) is 4.74 Å². The summed E-state index contributed by atoms with van der Waals surface area (Å²) in [6.45, 7) is 6.50. The molecule has 5 nitrogen and oxygen atoms in total. The molecule has 2 heterocycles. The summed E-state index contributed by atoms with van der Waals surface area (Å²) in [5.41, 5.74) is 0. The van der Waals surface area contributed by atoms with E-state index in [1.807, 2.05) is 13.8 Å². The number of nitrogens with zero attached hydrogens (tertiary/aromatic N) is 2. The predicted molar refractivity (Wildman–Crippen MR) is 71.6 cm³/mol. The predicted octanol–water partition coefficient (Wildman–Crippen LogP) is 1.02. The Labute approximate surface area is 114 Å². The van der Waals surface area contributed by atoms with Crippen molar-refractivity contribution in [3.8, 4) is 0 Å². The molecule has 0 aromatic heterocycles. The normalized spacial score (nSPS) is 27.7. The minimum Gasteiger partial charge on any atom is -0.382 e. The Bertz CT molecular complexity index is 346. The molecule has 0 saturated carbocycles. The van der Waals surface area contributed by atoms with E-state index in [0.29, 0.717) is 19.8 Å². The van der Waals surface area contributed by atoms with Crippen LogP contribution in [0.5, 0.6) is 0 Å². The summed E-state index contributed by atoms with van der Waals surface area (Å²) >= 11 is 0. The van der Waals surface area contributed by atoms with Crippen LogP contribution in [0.1, 0.15) is 39.5 Å². The SMILES string of the molecule is CCOCCCN1C(=O)C2CCCCN2C(=O)C1C. The molecule has 0 N–H and O–H groups in total. The van der Waals surface area contributed by atoms with Gasteiger partial charge in [-0.25, -0.2) is 0 Å². The van der Waals surface area contributed by atoms with Crippen molar-refractivity contribution in [3.05, 3.63) is 0 Å². The molecule has 0 radical (unpaired) electrons. The van der Waals surface area contributed by atoms with Gasteiger partial charge in [0, 0.05) is 26.3 Å². The Morgan fingerprint density at radius 2 is 2.05 bits per heavy atom. The molecule has 2 amide bonds. The maximum Gasteiger partial charge on any atom is 0.246 e. The van der Waals surface area contributed by atoms with Crippen LogP contribution in [-0.4, -0.2) is 60.0 Å². The molecule has 2 aliphatic rings. The highest BCUT2D eigenvalue weighted by atomic mass is 16.5. The van der Waals surface area contributed by atoms with Gasteiger partial charge in [0.05, 0.1) is 0 Å². The number of piperazine rings is 1. The number of piperidine rings is 1. The van der Waals surface area contributed by atoms with Crippen LogP contribution in [0.2, 0.25) is 0 Å². The molecule has 2 rings (SSSR count). The number of carbonyl (C=O) groups is 2. The van der Waals surface area contributed by atoms with Crippen LogP contribution in [-0.2, 0) is 14.3 Å². The van der Waals surface area contributed by atoms with Gasteiger partial charge in [0.1, 0.15) is 12.1 Å². The summed E-state index contributed by atoms with van der Waals surface area (Å²) in [5, 5.41) is 0. The molecular formula is C14H24N2O3. The number of carbonyl (C=O) groups excluding carboxylic acids is 2. The van der Waals surface area contributed by atoms with E-state index < -0.39 is 0 Å². The summed E-state index contributed by atoms with van der Waals surface area (Å²) in [6, 6.07) is -0.520. The molecule has 2 unspecified atom stereocenters. The molecule has 0 spiro atoms. The van der Waals surface area contributed by atoms with Gasteiger partial charge in [-0.3, -0.25) is 9.59 Å². The zero-order chi connectivity index (χ0) is 13.8. The van der Waals surface area contributed by atoms with Gasteiger partial charge in [0.2, 0.25) is 11.8 Å². The zero-order valence-electron chi connectivity index (χ0n) is 11.9. The highest BCUT2D eigenvalue weighted by Crippen LogP contribution is 2.26. The Hall–Kier alpha value is -1.10. The van der Waals surface area contributed by atoms with Crippen LogP contribution in [0.25, 0.3) is 0 Å². The molecule has 2 fully saturated rings. The second-order valence-corrected chi connectivity index (χ2v) is 5.30. The molecule has 19 heavy (non-hydrogen) atoms. The summed E-state index contributed by atoms with van der Waals surface area (Å²) in [5.74, 6) is 0.240. The number of rotatable bonds is 5. The zero-order valence-corrected chi connectivity index (χ0v) is 11.9.